The molecule has 1 atom stereocenters. The first-order valence-corrected chi connectivity index (χ1v) is 7.46. The third kappa shape index (κ3) is 4.66. The lowest BCUT2D eigenvalue weighted by molar-refractivity contribution is -0.146. The summed E-state index contributed by atoms with van der Waals surface area (Å²) in [7, 11) is 1.72. The number of hydrogen-bond donors (Lipinski definition) is 2. The number of nitrogens with one attached hydrogen (secondary N) is 1. The minimum Gasteiger partial charge on any atom is -0.392 e. The molecule has 2 heterocycles. The van der Waals surface area contributed by atoms with E-state index in [-0.39, 0.29) is 31.1 Å². The summed E-state index contributed by atoms with van der Waals surface area (Å²) in [5.74, 6) is -0.257. The van der Waals surface area contributed by atoms with E-state index in [0.717, 1.165) is 10.4 Å². The van der Waals surface area contributed by atoms with Gasteiger partial charge in [-0.25, -0.2) is 0 Å². The van der Waals surface area contributed by atoms with Gasteiger partial charge < -0.3 is 20.1 Å². The Hall–Kier alpha value is -1.70. The van der Waals surface area contributed by atoms with Crippen molar-refractivity contribution in [3.63, 3.8) is 0 Å². The fourth-order valence-corrected chi connectivity index (χ4v) is 2.67. The van der Waals surface area contributed by atoms with Gasteiger partial charge in [-0.2, -0.15) is 0 Å². The van der Waals surface area contributed by atoms with Gasteiger partial charge in [-0.05, 0) is 23.1 Å². The van der Waals surface area contributed by atoms with Crippen molar-refractivity contribution in [2.24, 2.45) is 0 Å². The van der Waals surface area contributed by atoms with Crippen LogP contribution in [0.5, 0.6) is 0 Å². The van der Waals surface area contributed by atoms with Gasteiger partial charge in [-0.1, -0.05) is 0 Å². The predicted molar refractivity (Wildman–Crippen MR) is 79.7 cm³/mol. The molecule has 2 rings (SSSR count). The number of carbonyl (C=O) groups is 2. The number of likely N-dealkylation sites (N-methyl/N-ethyl adjacent to an activating group) is 1. The molecule has 2 amide bonds. The van der Waals surface area contributed by atoms with Gasteiger partial charge in [-0.3, -0.25) is 9.59 Å². The molecule has 0 spiro atoms. The average molecular weight is 310 g/mol. The number of thiophene rings is 1. The maximum Gasteiger partial charge on any atom is 0.248 e. The molecule has 0 aromatic carbocycles. The minimum atomic E-state index is -0.211. The van der Waals surface area contributed by atoms with Crippen molar-refractivity contribution in [1.82, 2.24) is 10.2 Å². The molecular weight excluding hydrogens is 292 g/mol. The van der Waals surface area contributed by atoms with Crippen LogP contribution < -0.4 is 5.32 Å². The molecule has 1 aliphatic heterocycles. The Bertz CT molecular complexity index is 541. The largest absolute Gasteiger partial charge is 0.392 e. The Morgan fingerprint density at radius 2 is 2.48 bits per heavy atom. The van der Waals surface area contributed by atoms with Gasteiger partial charge in [-0.15, -0.1) is 11.3 Å². The van der Waals surface area contributed by atoms with E-state index >= 15 is 0 Å². The van der Waals surface area contributed by atoms with E-state index in [9.17, 15) is 9.59 Å². The van der Waals surface area contributed by atoms with Crippen LogP contribution in [0, 0.1) is 0 Å². The van der Waals surface area contributed by atoms with Crippen molar-refractivity contribution in [1.29, 1.82) is 0 Å². The molecule has 1 fully saturated rings. The molecule has 0 bridgehead atoms. The zero-order valence-corrected chi connectivity index (χ0v) is 12.6. The summed E-state index contributed by atoms with van der Waals surface area (Å²) in [5, 5.41) is 13.6. The fraction of sp³-hybridized carbons (Fsp3) is 0.429. The van der Waals surface area contributed by atoms with E-state index in [1.54, 1.807) is 18.0 Å². The molecule has 0 aliphatic carbocycles. The molecule has 6 nitrogen and oxygen atoms in total. The number of hydrogen-bond acceptors (Lipinski definition) is 5. The van der Waals surface area contributed by atoms with E-state index in [1.807, 2.05) is 11.4 Å². The van der Waals surface area contributed by atoms with Crippen LogP contribution in [0.1, 0.15) is 10.4 Å². The Kier molecular flexibility index (Phi) is 5.49. The number of rotatable bonds is 5. The Morgan fingerprint density at radius 1 is 1.67 bits per heavy atom. The summed E-state index contributed by atoms with van der Waals surface area (Å²) in [5.41, 5.74) is 0.836. The lowest BCUT2D eigenvalue weighted by Gasteiger charge is -2.29. The number of ether oxygens (including phenoxy) is 1. The Morgan fingerprint density at radius 3 is 3.14 bits per heavy atom. The zero-order valence-electron chi connectivity index (χ0n) is 11.7. The molecule has 0 saturated carbocycles. The molecule has 21 heavy (non-hydrogen) atoms. The SMILES string of the molecule is CN1CC(CNC(=O)C=Cc2cc(CO)cs2)OCC1=O. The quantitative estimate of drug-likeness (QED) is 0.763. The molecule has 1 aromatic heterocycles. The van der Waals surface area contributed by atoms with Gasteiger partial charge >= 0.3 is 0 Å². The summed E-state index contributed by atoms with van der Waals surface area (Å²) in [6, 6.07) is 1.83. The molecule has 1 unspecified atom stereocenters. The topological polar surface area (TPSA) is 78.9 Å². The zero-order chi connectivity index (χ0) is 15.2. The van der Waals surface area contributed by atoms with E-state index < -0.39 is 0 Å². The first-order chi connectivity index (χ1) is 10.1. The highest BCUT2D eigenvalue weighted by molar-refractivity contribution is 7.11. The lowest BCUT2D eigenvalue weighted by atomic mass is 10.2. The number of aliphatic hydroxyl groups is 1. The summed E-state index contributed by atoms with van der Waals surface area (Å²) in [6.45, 7) is 0.911. The van der Waals surface area contributed by atoms with Gasteiger partial charge in [0.05, 0.1) is 12.7 Å². The number of amides is 2. The van der Waals surface area contributed by atoms with E-state index in [4.69, 9.17) is 9.84 Å². The Balaban J connectivity index is 1.75. The molecule has 2 N–H and O–H groups in total. The maximum atomic E-state index is 11.7. The Labute approximate surface area is 127 Å². The normalized spacial score (nSPS) is 19.2. The predicted octanol–water partition coefficient (Wildman–Crippen LogP) is 0.227. The second-order valence-electron chi connectivity index (χ2n) is 4.80. The fourth-order valence-electron chi connectivity index (χ4n) is 1.88. The second-order valence-corrected chi connectivity index (χ2v) is 5.74. The second kappa shape index (κ2) is 7.35. The van der Waals surface area contributed by atoms with Crippen LogP contribution >= 0.6 is 11.3 Å². The van der Waals surface area contributed by atoms with Gasteiger partial charge in [0.25, 0.3) is 0 Å². The first-order valence-electron chi connectivity index (χ1n) is 6.58. The monoisotopic (exact) mass is 310 g/mol. The minimum absolute atomic E-state index is 0.00178. The van der Waals surface area contributed by atoms with Crippen LogP contribution in [-0.4, -0.2) is 54.7 Å². The van der Waals surface area contributed by atoms with Crippen LogP contribution in [0.25, 0.3) is 6.08 Å². The third-order valence-corrected chi connectivity index (χ3v) is 4.05. The molecule has 1 aromatic rings. The van der Waals surface area contributed by atoms with E-state index in [2.05, 4.69) is 5.32 Å². The van der Waals surface area contributed by atoms with Crippen molar-refractivity contribution in [2.45, 2.75) is 12.7 Å². The van der Waals surface area contributed by atoms with Crippen LogP contribution in [-0.2, 0) is 20.9 Å². The molecule has 1 aliphatic rings. The van der Waals surface area contributed by atoms with Gasteiger partial charge in [0.1, 0.15) is 6.61 Å². The summed E-state index contributed by atoms with van der Waals surface area (Å²) >= 11 is 1.47. The number of aliphatic hydroxyl groups excluding tert-OH is 1. The number of nitrogens with zero attached hydrogens (tertiary/aromatic N) is 1. The summed E-state index contributed by atoms with van der Waals surface area (Å²) in [4.78, 5) is 25.5. The van der Waals surface area contributed by atoms with E-state index in [0.29, 0.717) is 13.1 Å². The number of morpholine rings is 1. The van der Waals surface area contributed by atoms with Gasteiger partial charge in [0.15, 0.2) is 0 Å². The van der Waals surface area contributed by atoms with Crippen LogP contribution in [0.15, 0.2) is 17.5 Å². The van der Waals surface area contributed by atoms with Crippen LogP contribution in [0.4, 0.5) is 0 Å². The smallest absolute Gasteiger partial charge is 0.248 e. The van der Waals surface area contributed by atoms with Crippen molar-refractivity contribution >= 4 is 29.2 Å². The highest BCUT2D eigenvalue weighted by Gasteiger charge is 2.23. The maximum absolute atomic E-state index is 11.7. The molecule has 1 saturated heterocycles. The standard InChI is InChI=1S/C14H18N2O4S/c1-16-6-11(20-8-14(16)19)5-15-13(18)3-2-12-4-10(7-17)9-21-12/h2-4,9,11,17H,5-8H2,1H3,(H,15,18). The van der Waals surface area contributed by atoms with Crippen LogP contribution in [0.2, 0.25) is 0 Å². The van der Waals surface area contributed by atoms with E-state index in [1.165, 1.54) is 17.4 Å². The molecular formula is C14H18N2O4S. The highest BCUT2D eigenvalue weighted by Crippen LogP contribution is 2.15. The van der Waals surface area contributed by atoms with Gasteiger partial charge in [0, 0.05) is 31.1 Å². The highest BCUT2D eigenvalue weighted by atomic mass is 32.1. The summed E-state index contributed by atoms with van der Waals surface area (Å²) < 4.78 is 5.34. The summed E-state index contributed by atoms with van der Waals surface area (Å²) in [6.07, 6.45) is 2.98. The molecule has 0 radical (unpaired) electrons. The molecule has 7 heteroatoms. The van der Waals surface area contributed by atoms with Crippen LogP contribution in [0.3, 0.4) is 0 Å². The van der Waals surface area contributed by atoms with Crippen molar-refractivity contribution in [3.8, 4) is 0 Å². The lowest BCUT2D eigenvalue weighted by Crippen LogP contribution is -2.48. The third-order valence-electron chi connectivity index (χ3n) is 3.11. The van der Waals surface area contributed by atoms with Crippen molar-refractivity contribution < 1.29 is 19.4 Å². The van der Waals surface area contributed by atoms with Gasteiger partial charge in [0.2, 0.25) is 11.8 Å². The number of carbonyl (C=O) groups excluding carboxylic acids is 2. The van der Waals surface area contributed by atoms with Crippen molar-refractivity contribution in [3.05, 3.63) is 28.0 Å². The van der Waals surface area contributed by atoms with Crippen molar-refractivity contribution in [2.75, 3.05) is 26.7 Å². The average Bonchev–Trinajstić information content (AvgIpc) is 2.94. The molecule has 114 valence electrons. The first kappa shape index (κ1) is 15.7.